The Balaban J connectivity index is 2.27. The molecule has 17 heavy (non-hydrogen) atoms. The predicted molar refractivity (Wildman–Crippen MR) is 62.8 cm³/mol. The summed E-state index contributed by atoms with van der Waals surface area (Å²) in [5.74, 6) is 1.15. The molecule has 0 bridgehead atoms. The largest absolute Gasteiger partial charge is 0.481 e. The van der Waals surface area contributed by atoms with Gasteiger partial charge in [0, 0.05) is 36.8 Å². The molecule has 0 radical (unpaired) electrons. The van der Waals surface area contributed by atoms with Crippen molar-refractivity contribution in [1.82, 2.24) is 14.5 Å². The lowest BCUT2D eigenvalue weighted by molar-refractivity contribution is 0.204. The van der Waals surface area contributed by atoms with Gasteiger partial charge in [-0.3, -0.25) is 0 Å². The Morgan fingerprint density at radius 1 is 1.41 bits per heavy atom. The molecule has 1 N–H and O–H groups in total. The second-order valence-electron chi connectivity index (χ2n) is 3.61. The van der Waals surface area contributed by atoms with Gasteiger partial charge in [-0.1, -0.05) is 0 Å². The highest BCUT2D eigenvalue weighted by atomic mass is 16.5. The van der Waals surface area contributed by atoms with Crippen LogP contribution in [0, 0.1) is 0 Å². The second kappa shape index (κ2) is 4.97. The maximum atomic E-state index is 10.2. The van der Waals surface area contributed by atoms with E-state index in [0.717, 1.165) is 6.54 Å². The van der Waals surface area contributed by atoms with Crippen LogP contribution in [-0.4, -0.2) is 26.8 Å². The third-order valence-corrected chi connectivity index (χ3v) is 2.62. The SMILES string of the molecule is CCn1ccnc1C(O)c1ccc(OC)nc1. The van der Waals surface area contributed by atoms with Crippen LogP contribution in [0.25, 0.3) is 0 Å². The molecule has 0 spiro atoms. The summed E-state index contributed by atoms with van der Waals surface area (Å²) < 4.78 is 6.87. The van der Waals surface area contributed by atoms with Crippen LogP contribution in [0.5, 0.6) is 5.88 Å². The van der Waals surface area contributed by atoms with Gasteiger partial charge in [0.15, 0.2) is 0 Å². The van der Waals surface area contributed by atoms with Crippen molar-refractivity contribution >= 4 is 0 Å². The maximum Gasteiger partial charge on any atom is 0.212 e. The smallest absolute Gasteiger partial charge is 0.212 e. The summed E-state index contributed by atoms with van der Waals surface area (Å²) in [5, 5.41) is 10.2. The molecule has 0 aliphatic heterocycles. The number of methoxy groups -OCH3 is 1. The van der Waals surface area contributed by atoms with Crippen molar-refractivity contribution in [2.45, 2.75) is 19.6 Å². The molecule has 0 fully saturated rings. The minimum absolute atomic E-state index is 0.528. The van der Waals surface area contributed by atoms with Gasteiger partial charge in [0.2, 0.25) is 5.88 Å². The number of rotatable bonds is 4. The summed E-state index contributed by atoms with van der Waals surface area (Å²) in [4.78, 5) is 8.22. The molecule has 0 aliphatic rings. The zero-order valence-electron chi connectivity index (χ0n) is 9.87. The zero-order valence-corrected chi connectivity index (χ0v) is 9.87. The molecule has 0 saturated heterocycles. The molecule has 1 unspecified atom stereocenters. The number of aryl methyl sites for hydroxylation is 1. The number of nitrogens with zero attached hydrogens (tertiary/aromatic N) is 3. The second-order valence-corrected chi connectivity index (χ2v) is 3.61. The van der Waals surface area contributed by atoms with E-state index in [4.69, 9.17) is 4.74 Å². The fraction of sp³-hybridized carbons (Fsp3) is 0.333. The van der Waals surface area contributed by atoms with E-state index in [-0.39, 0.29) is 0 Å². The van der Waals surface area contributed by atoms with Crippen LogP contribution in [0.1, 0.15) is 24.4 Å². The van der Waals surface area contributed by atoms with Crippen molar-refractivity contribution < 1.29 is 9.84 Å². The Labute approximate surface area is 99.7 Å². The Morgan fingerprint density at radius 3 is 2.82 bits per heavy atom. The van der Waals surface area contributed by atoms with E-state index in [1.54, 1.807) is 31.6 Å². The Morgan fingerprint density at radius 2 is 2.24 bits per heavy atom. The molecule has 0 saturated carbocycles. The maximum absolute atomic E-state index is 10.2. The van der Waals surface area contributed by atoms with Crippen molar-refractivity contribution in [3.63, 3.8) is 0 Å². The molecule has 2 aromatic rings. The summed E-state index contributed by atoms with van der Waals surface area (Å²) >= 11 is 0. The van der Waals surface area contributed by atoms with E-state index >= 15 is 0 Å². The lowest BCUT2D eigenvalue weighted by Gasteiger charge is -2.12. The molecule has 90 valence electrons. The van der Waals surface area contributed by atoms with E-state index in [1.165, 1.54) is 0 Å². The lowest BCUT2D eigenvalue weighted by atomic mass is 10.1. The number of ether oxygens (including phenoxy) is 1. The minimum Gasteiger partial charge on any atom is -0.481 e. The molecule has 0 aliphatic carbocycles. The Bertz CT molecular complexity index is 479. The van der Waals surface area contributed by atoms with Crippen molar-refractivity contribution in [1.29, 1.82) is 0 Å². The quantitative estimate of drug-likeness (QED) is 0.866. The van der Waals surface area contributed by atoms with Crippen LogP contribution in [-0.2, 0) is 6.54 Å². The summed E-state index contributed by atoms with van der Waals surface area (Å²) in [6.07, 6.45) is 4.36. The highest BCUT2D eigenvalue weighted by Gasteiger charge is 2.15. The number of aromatic nitrogens is 3. The lowest BCUT2D eigenvalue weighted by Crippen LogP contribution is -2.09. The number of hydrogen-bond acceptors (Lipinski definition) is 4. The van der Waals surface area contributed by atoms with Crippen LogP contribution < -0.4 is 4.74 Å². The van der Waals surface area contributed by atoms with Gasteiger partial charge in [-0.25, -0.2) is 9.97 Å². The van der Waals surface area contributed by atoms with Crippen molar-refractivity contribution in [3.05, 3.63) is 42.1 Å². The first-order valence-corrected chi connectivity index (χ1v) is 5.45. The summed E-state index contributed by atoms with van der Waals surface area (Å²) in [7, 11) is 1.56. The number of pyridine rings is 1. The number of aliphatic hydroxyl groups is 1. The van der Waals surface area contributed by atoms with Gasteiger partial charge < -0.3 is 14.4 Å². The van der Waals surface area contributed by atoms with Gasteiger partial charge in [0.25, 0.3) is 0 Å². The average molecular weight is 233 g/mol. The third kappa shape index (κ3) is 2.29. The summed E-state index contributed by atoms with van der Waals surface area (Å²) in [6.45, 7) is 2.78. The molecule has 2 heterocycles. The van der Waals surface area contributed by atoms with Crippen LogP contribution >= 0.6 is 0 Å². The fourth-order valence-corrected chi connectivity index (χ4v) is 1.66. The van der Waals surface area contributed by atoms with E-state index in [0.29, 0.717) is 17.3 Å². The Kier molecular flexibility index (Phi) is 3.39. The number of aliphatic hydroxyl groups excluding tert-OH is 1. The van der Waals surface area contributed by atoms with Crippen LogP contribution in [0.15, 0.2) is 30.7 Å². The molecule has 5 heteroatoms. The van der Waals surface area contributed by atoms with Crippen LogP contribution in [0.4, 0.5) is 0 Å². The summed E-state index contributed by atoms with van der Waals surface area (Å²) in [5.41, 5.74) is 0.701. The third-order valence-electron chi connectivity index (χ3n) is 2.62. The van der Waals surface area contributed by atoms with Gasteiger partial charge in [-0.05, 0) is 13.0 Å². The minimum atomic E-state index is -0.761. The molecular weight excluding hydrogens is 218 g/mol. The topological polar surface area (TPSA) is 60.2 Å². The van der Waals surface area contributed by atoms with Crippen LogP contribution in [0.3, 0.4) is 0 Å². The Hall–Kier alpha value is -1.88. The van der Waals surface area contributed by atoms with Gasteiger partial charge in [0.05, 0.1) is 7.11 Å². The predicted octanol–water partition coefficient (Wildman–Crippen LogP) is 1.39. The fourth-order valence-electron chi connectivity index (χ4n) is 1.66. The average Bonchev–Trinajstić information content (AvgIpc) is 2.86. The van der Waals surface area contributed by atoms with Gasteiger partial charge in [-0.15, -0.1) is 0 Å². The first kappa shape index (κ1) is 11.6. The number of hydrogen-bond donors (Lipinski definition) is 1. The van der Waals surface area contributed by atoms with E-state index in [1.807, 2.05) is 17.7 Å². The number of imidazole rings is 1. The normalized spacial score (nSPS) is 12.4. The van der Waals surface area contributed by atoms with Crippen molar-refractivity contribution in [2.24, 2.45) is 0 Å². The highest BCUT2D eigenvalue weighted by molar-refractivity contribution is 5.24. The van der Waals surface area contributed by atoms with E-state index in [9.17, 15) is 5.11 Å². The van der Waals surface area contributed by atoms with Gasteiger partial charge >= 0.3 is 0 Å². The molecular formula is C12H15N3O2. The van der Waals surface area contributed by atoms with Crippen molar-refractivity contribution in [2.75, 3.05) is 7.11 Å². The monoisotopic (exact) mass is 233 g/mol. The first-order chi connectivity index (χ1) is 8.26. The molecule has 2 rings (SSSR count). The zero-order chi connectivity index (χ0) is 12.3. The summed E-state index contributed by atoms with van der Waals surface area (Å²) in [6, 6.07) is 3.50. The van der Waals surface area contributed by atoms with Crippen molar-refractivity contribution in [3.8, 4) is 5.88 Å². The highest BCUT2D eigenvalue weighted by Crippen LogP contribution is 2.21. The van der Waals surface area contributed by atoms with Crippen LogP contribution in [0.2, 0.25) is 0 Å². The van der Waals surface area contributed by atoms with E-state index < -0.39 is 6.10 Å². The molecule has 1 atom stereocenters. The molecule has 0 aromatic carbocycles. The molecule has 2 aromatic heterocycles. The first-order valence-electron chi connectivity index (χ1n) is 5.45. The molecule has 5 nitrogen and oxygen atoms in total. The van der Waals surface area contributed by atoms with Gasteiger partial charge in [0.1, 0.15) is 11.9 Å². The molecule has 0 amide bonds. The van der Waals surface area contributed by atoms with E-state index in [2.05, 4.69) is 9.97 Å². The standard InChI is InChI=1S/C12H15N3O2/c1-3-15-7-6-13-12(15)11(16)9-4-5-10(17-2)14-8-9/h4-8,11,16H,3H2,1-2H3. The van der Waals surface area contributed by atoms with Gasteiger partial charge in [-0.2, -0.15) is 0 Å².